The fraction of sp³-hybridized carbons (Fsp3) is 0.941. The first-order valence-corrected chi connectivity index (χ1v) is 11.4. The van der Waals surface area contributed by atoms with Crippen LogP contribution in [0.4, 0.5) is 0 Å². The average Bonchev–Trinajstić information content (AvgIpc) is 2.59. The van der Waals surface area contributed by atoms with Gasteiger partial charge in [0.25, 0.3) is 0 Å². The normalized spacial score (nSPS) is 19.0. The zero-order valence-corrected chi connectivity index (χ0v) is 19.7. The molecule has 26 heavy (non-hydrogen) atoms. The van der Waals surface area contributed by atoms with E-state index in [-0.39, 0.29) is 29.7 Å². The van der Waals surface area contributed by atoms with Crippen LogP contribution in [-0.2, 0) is 10.0 Å². The van der Waals surface area contributed by atoms with E-state index in [1.165, 1.54) is 25.8 Å². The van der Waals surface area contributed by atoms with Crippen molar-refractivity contribution in [2.24, 2.45) is 4.99 Å². The molecule has 1 fully saturated rings. The molecule has 1 rings (SSSR count). The maximum Gasteiger partial charge on any atom is 0.211 e. The third kappa shape index (κ3) is 11.6. The minimum atomic E-state index is -3.09. The van der Waals surface area contributed by atoms with Crippen LogP contribution in [0.25, 0.3) is 0 Å². The third-order valence-electron chi connectivity index (χ3n) is 4.51. The van der Waals surface area contributed by atoms with Gasteiger partial charge in [-0.3, -0.25) is 4.99 Å². The molecule has 0 aromatic heterocycles. The van der Waals surface area contributed by atoms with Crippen molar-refractivity contribution in [1.82, 2.24) is 20.3 Å². The Morgan fingerprint density at radius 2 is 1.92 bits per heavy atom. The van der Waals surface area contributed by atoms with Gasteiger partial charge in [0.15, 0.2) is 5.96 Å². The van der Waals surface area contributed by atoms with E-state index in [4.69, 9.17) is 0 Å². The van der Waals surface area contributed by atoms with E-state index in [1.54, 1.807) is 6.92 Å². The summed E-state index contributed by atoms with van der Waals surface area (Å²) in [5.41, 5.74) is 0. The first-order chi connectivity index (χ1) is 12.0. The monoisotopic (exact) mass is 503 g/mol. The first-order valence-electron chi connectivity index (χ1n) is 9.72. The van der Waals surface area contributed by atoms with Crippen LogP contribution in [0.3, 0.4) is 0 Å². The fourth-order valence-corrected chi connectivity index (χ4v) is 3.58. The molecular weight excluding hydrogens is 465 g/mol. The molecule has 1 unspecified atom stereocenters. The van der Waals surface area contributed by atoms with Crippen LogP contribution >= 0.6 is 24.0 Å². The van der Waals surface area contributed by atoms with Crippen molar-refractivity contribution >= 4 is 40.0 Å². The van der Waals surface area contributed by atoms with Crippen LogP contribution in [0.15, 0.2) is 4.99 Å². The van der Waals surface area contributed by atoms with E-state index in [1.807, 2.05) is 6.92 Å². The molecule has 1 aliphatic heterocycles. The van der Waals surface area contributed by atoms with Gasteiger partial charge < -0.3 is 15.5 Å². The van der Waals surface area contributed by atoms with Gasteiger partial charge in [-0.05, 0) is 53.0 Å². The molecule has 0 aromatic carbocycles. The molecule has 0 spiro atoms. The summed E-state index contributed by atoms with van der Waals surface area (Å²) in [6.07, 6.45) is 5.79. The maximum absolute atomic E-state index is 11.4. The van der Waals surface area contributed by atoms with E-state index >= 15 is 0 Å². The van der Waals surface area contributed by atoms with Crippen LogP contribution < -0.4 is 15.4 Å². The molecule has 1 atom stereocenters. The van der Waals surface area contributed by atoms with E-state index in [0.717, 1.165) is 38.4 Å². The smallest absolute Gasteiger partial charge is 0.211 e. The Morgan fingerprint density at radius 3 is 2.58 bits per heavy atom. The second-order valence-corrected chi connectivity index (χ2v) is 8.67. The topological polar surface area (TPSA) is 85.8 Å². The number of halogens is 1. The lowest BCUT2D eigenvalue weighted by Gasteiger charge is -2.33. The minimum Gasteiger partial charge on any atom is -0.357 e. The lowest BCUT2D eigenvalue weighted by molar-refractivity contribution is 0.160. The molecular formula is C17H38IN5O2S. The van der Waals surface area contributed by atoms with Crippen molar-refractivity contribution in [3.05, 3.63) is 0 Å². The van der Waals surface area contributed by atoms with Crippen molar-refractivity contribution < 1.29 is 8.42 Å². The van der Waals surface area contributed by atoms with Crippen LogP contribution in [0.5, 0.6) is 0 Å². The Morgan fingerprint density at radius 1 is 1.15 bits per heavy atom. The molecule has 0 radical (unpaired) electrons. The summed E-state index contributed by atoms with van der Waals surface area (Å²) in [6, 6.07) is 0.705. The van der Waals surface area contributed by atoms with Gasteiger partial charge in [0.2, 0.25) is 10.0 Å². The van der Waals surface area contributed by atoms with Crippen molar-refractivity contribution in [2.45, 2.75) is 58.9 Å². The number of sulfonamides is 1. The molecule has 156 valence electrons. The van der Waals surface area contributed by atoms with Crippen LogP contribution in [0.1, 0.15) is 52.9 Å². The van der Waals surface area contributed by atoms with Gasteiger partial charge in [-0.15, -0.1) is 24.0 Å². The highest BCUT2D eigenvalue weighted by Crippen LogP contribution is 2.16. The van der Waals surface area contributed by atoms with Gasteiger partial charge in [0, 0.05) is 38.8 Å². The quantitative estimate of drug-likeness (QED) is 0.173. The molecule has 1 heterocycles. The number of likely N-dealkylation sites (tertiary alicyclic amines) is 1. The lowest BCUT2D eigenvalue weighted by atomic mass is 10.0. The summed E-state index contributed by atoms with van der Waals surface area (Å²) in [5, 5.41) is 6.50. The van der Waals surface area contributed by atoms with E-state index in [9.17, 15) is 8.42 Å². The van der Waals surface area contributed by atoms with Crippen LogP contribution in [0, 0.1) is 0 Å². The third-order valence-corrected chi connectivity index (χ3v) is 5.91. The van der Waals surface area contributed by atoms with Crippen molar-refractivity contribution in [3.8, 4) is 0 Å². The van der Waals surface area contributed by atoms with E-state index in [2.05, 4.69) is 32.2 Å². The molecule has 0 bridgehead atoms. The maximum atomic E-state index is 11.4. The van der Waals surface area contributed by atoms with Crippen molar-refractivity contribution in [2.75, 3.05) is 45.0 Å². The first kappa shape index (κ1) is 25.9. The van der Waals surface area contributed by atoms with Gasteiger partial charge in [0.1, 0.15) is 0 Å². The lowest BCUT2D eigenvalue weighted by Crippen LogP contribution is -2.39. The van der Waals surface area contributed by atoms with Crippen molar-refractivity contribution in [3.63, 3.8) is 0 Å². The largest absolute Gasteiger partial charge is 0.357 e. The van der Waals surface area contributed by atoms with Crippen LogP contribution in [-0.4, -0.2) is 70.3 Å². The molecule has 0 aliphatic carbocycles. The Balaban J connectivity index is 0.00000625. The molecule has 0 saturated carbocycles. The molecule has 1 saturated heterocycles. The molecule has 0 amide bonds. The highest BCUT2D eigenvalue weighted by atomic mass is 127. The number of nitrogens with one attached hydrogen (secondary N) is 3. The predicted octanol–water partition coefficient (Wildman–Crippen LogP) is 1.75. The summed E-state index contributed by atoms with van der Waals surface area (Å²) < 4.78 is 25.3. The number of hydrogen-bond donors (Lipinski definition) is 3. The number of aliphatic imine (C=N–C) groups is 1. The highest BCUT2D eigenvalue weighted by Gasteiger charge is 2.16. The minimum absolute atomic E-state index is 0. The highest BCUT2D eigenvalue weighted by molar-refractivity contribution is 14.0. The Kier molecular flexibility index (Phi) is 14.8. The zero-order chi connectivity index (χ0) is 18.5. The van der Waals surface area contributed by atoms with Gasteiger partial charge in [-0.1, -0.05) is 6.42 Å². The Labute approximate surface area is 177 Å². The average molecular weight is 503 g/mol. The van der Waals surface area contributed by atoms with E-state index in [0.29, 0.717) is 19.1 Å². The van der Waals surface area contributed by atoms with E-state index < -0.39 is 10.0 Å². The molecule has 7 nitrogen and oxygen atoms in total. The number of hydrogen-bond acceptors (Lipinski definition) is 4. The summed E-state index contributed by atoms with van der Waals surface area (Å²) in [4.78, 5) is 7.18. The summed E-state index contributed by atoms with van der Waals surface area (Å²) in [7, 11) is -3.09. The fourth-order valence-electron chi connectivity index (χ4n) is 2.92. The summed E-state index contributed by atoms with van der Waals surface area (Å²) in [5.74, 6) is 0.938. The molecule has 9 heteroatoms. The predicted molar refractivity (Wildman–Crippen MR) is 121 cm³/mol. The molecule has 1 aliphatic rings. The number of rotatable bonds is 11. The van der Waals surface area contributed by atoms with Crippen LogP contribution in [0.2, 0.25) is 0 Å². The number of guanidine groups is 1. The number of nitrogens with zero attached hydrogens (tertiary/aromatic N) is 2. The second kappa shape index (κ2) is 14.9. The number of piperidine rings is 1. The SMILES string of the molecule is CCNC(=NCCCN1CCCCC1C)NCCCNS(=O)(=O)CC.I. The standard InChI is InChI=1S/C17H37N5O2S.HI/c1-4-18-17(19-11-8-13-21-25(23,24)5-2)20-12-9-15-22-14-7-6-10-16(22)3;/h16,21H,4-15H2,1-3H3,(H2,18,19,20);1H. The van der Waals surface area contributed by atoms with Crippen molar-refractivity contribution in [1.29, 1.82) is 0 Å². The van der Waals surface area contributed by atoms with Gasteiger partial charge in [-0.2, -0.15) is 0 Å². The summed E-state index contributed by atoms with van der Waals surface area (Å²) in [6.45, 7) is 11.1. The second-order valence-electron chi connectivity index (χ2n) is 6.57. The Hall–Kier alpha value is -0.130. The molecule has 0 aromatic rings. The summed E-state index contributed by atoms with van der Waals surface area (Å²) >= 11 is 0. The zero-order valence-electron chi connectivity index (χ0n) is 16.6. The Bertz CT molecular complexity index is 488. The van der Waals surface area contributed by atoms with Gasteiger partial charge >= 0.3 is 0 Å². The van der Waals surface area contributed by atoms with Gasteiger partial charge in [0.05, 0.1) is 5.75 Å². The van der Waals surface area contributed by atoms with Gasteiger partial charge in [-0.25, -0.2) is 13.1 Å². The molecule has 3 N–H and O–H groups in total.